The van der Waals surface area contributed by atoms with Crippen LogP contribution in [0.2, 0.25) is 0 Å². The lowest BCUT2D eigenvalue weighted by atomic mass is 10.1. The zero-order valence-electron chi connectivity index (χ0n) is 10.1. The molecule has 1 unspecified atom stereocenters. The molecule has 0 radical (unpaired) electrons. The summed E-state index contributed by atoms with van der Waals surface area (Å²) < 4.78 is 38.5. The van der Waals surface area contributed by atoms with Gasteiger partial charge in [-0.3, -0.25) is 0 Å². The van der Waals surface area contributed by atoms with Gasteiger partial charge in [-0.1, -0.05) is 0 Å². The number of nitrogens with one attached hydrogen (secondary N) is 1. The third-order valence-electron chi connectivity index (χ3n) is 2.84. The molecule has 0 aromatic carbocycles. The van der Waals surface area contributed by atoms with E-state index in [1.54, 1.807) is 4.90 Å². The fourth-order valence-corrected chi connectivity index (χ4v) is 2.98. The maximum absolute atomic E-state index is 13.6. The predicted molar refractivity (Wildman–Crippen MR) is 67.4 cm³/mol. The summed E-state index contributed by atoms with van der Waals surface area (Å²) in [4.78, 5) is 5.79. The molecular weight excluding hydrogens is 257 g/mol. The summed E-state index contributed by atoms with van der Waals surface area (Å²) in [6.45, 7) is 1.14. The first kappa shape index (κ1) is 13.2. The van der Waals surface area contributed by atoms with Gasteiger partial charge in [-0.05, 0) is 25.0 Å². The molecule has 0 amide bonds. The van der Waals surface area contributed by atoms with Crippen molar-refractivity contribution < 1.29 is 12.8 Å². The maximum atomic E-state index is 13.6. The van der Waals surface area contributed by atoms with Gasteiger partial charge in [0.25, 0.3) is 0 Å². The molecule has 1 saturated heterocycles. The molecule has 1 N–H and O–H groups in total. The zero-order chi connectivity index (χ0) is 13.2. The van der Waals surface area contributed by atoms with E-state index in [4.69, 9.17) is 0 Å². The first-order chi connectivity index (χ1) is 8.46. The number of aromatic nitrogens is 1. The molecule has 0 aliphatic carbocycles. The Kier molecular flexibility index (Phi) is 3.82. The van der Waals surface area contributed by atoms with E-state index in [-0.39, 0.29) is 17.7 Å². The van der Waals surface area contributed by atoms with Gasteiger partial charge < -0.3 is 4.90 Å². The van der Waals surface area contributed by atoms with Crippen LogP contribution in [-0.2, 0) is 10.0 Å². The number of nitrogens with zero attached hydrogens (tertiary/aromatic N) is 2. The van der Waals surface area contributed by atoms with Crippen molar-refractivity contribution in [2.24, 2.45) is 0 Å². The molecule has 2 rings (SSSR count). The molecule has 5 nitrogen and oxygen atoms in total. The highest BCUT2D eigenvalue weighted by molar-refractivity contribution is 7.88. The third-order valence-corrected chi connectivity index (χ3v) is 3.60. The Bertz CT molecular complexity index is 521. The molecule has 1 atom stereocenters. The fourth-order valence-electron chi connectivity index (χ4n) is 2.18. The van der Waals surface area contributed by atoms with Gasteiger partial charge in [0.1, 0.15) is 0 Å². The molecule has 1 aromatic rings. The van der Waals surface area contributed by atoms with Crippen molar-refractivity contribution in [3.63, 3.8) is 0 Å². The second-order valence-corrected chi connectivity index (χ2v) is 6.26. The number of pyridine rings is 1. The van der Waals surface area contributed by atoms with Crippen molar-refractivity contribution in [1.82, 2.24) is 9.71 Å². The van der Waals surface area contributed by atoms with Crippen molar-refractivity contribution in [2.75, 3.05) is 24.2 Å². The zero-order valence-corrected chi connectivity index (χ0v) is 11.0. The minimum atomic E-state index is -3.23. The molecule has 0 spiro atoms. The van der Waals surface area contributed by atoms with Crippen molar-refractivity contribution in [3.8, 4) is 0 Å². The van der Waals surface area contributed by atoms with E-state index < -0.39 is 10.0 Å². The Morgan fingerprint density at radius 1 is 1.56 bits per heavy atom. The Balaban J connectivity index is 2.10. The highest BCUT2D eigenvalue weighted by atomic mass is 32.2. The average molecular weight is 273 g/mol. The van der Waals surface area contributed by atoms with Gasteiger partial charge in [-0.2, -0.15) is 0 Å². The largest absolute Gasteiger partial charge is 0.353 e. The summed E-state index contributed by atoms with van der Waals surface area (Å²) in [7, 11) is -3.23. The van der Waals surface area contributed by atoms with Crippen LogP contribution in [0, 0.1) is 5.82 Å². The highest BCUT2D eigenvalue weighted by Gasteiger charge is 2.24. The lowest BCUT2D eigenvalue weighted by Crippen LogP contribution is -2.47. The van der Waals surface area contributed by atoms with Crippen LogP contribution in [0.25, 0.3) is 0 Å². The number of hydrogen-bond acceptors (Lipinski definition) is 4. The smallest absolute Gasteiger partial charge is 0.209 e. The molecule has 2 heterocycles. The third kappa shape index (κ3) is 3.39. The lowest BCUT2D eigenvalue weighted by molar-refractivity contribution is 0.460. The van der Waals surface area contributed by atoms with E-state index in [0.717, 1.165) is 19.1 Å². The Morgan fingerprint density at radius 2 is 2.33 bits per heavy atom. The second kappa shape index (κ2) is 5.19. The fraction of sp³-hybridized carbons (Fsp3) is 0.545. The number of anilines is 1. The summed E-state index contributed by atoms with van der Waals surface area (Å²) in [5.74, 6) is -0.0880. The Hall–Kier alpha value is -1.21. The summed E-state index contributed by atoms with van der Waals surface area (Å²) in [5.41, 5.74) is 0. The Labute approximate surface area is 106 Å². The standard InChI is InChI=1S/C11H16FN3O2S/c1-18(16,17)14-9-4-3-7-15(8-9)11-10(12)5-2-6-13-11/h2,5-6,9,14H,3-4,7-8H2,1H3. The molecule has 1 aliphatic heterocycles. The van der Waals surface area contributed by atoms with Crippen LogP contribution in [0.4, 0.5) is 10.2 Å². The predicted octanol–water partition coefficient (Wildman–Crippen LogP) is 0.739. The maximum Gasteiger partial charge on any atom is 0.209 e. The number of halogens is 1. The summed E-state index contributed by atoms with van der Waals surface area (Å²) >= 11 is 0. The first-order valence-corrected chi connectivity index (χ1v) is 7.67. The van der Waals surface area contributed by atoms with E-state index in [0.29, 0.717) is 13.1 Å². The van der Waals surface area contributed by atoms with Crippen LogP contribution in [0.5, 0.6) is 0 Å². The van der Waals surface area contributed by atoms with Gasteiger partial charge in [0.05, 0.1) is 6.26 Å². The van der Waals surface area contributed by atoms with Gasteiger partial charge in [-0.15, -0.1) is 0 Å². The van der Waals surface area contributed by atoms with Gasteiger partial charge in [0.2, 0.25) is 10.0 Å². The molecule has 7 heteroatoms. The van der Waals surface area contributed by atoms with E-state index in [1.165, 1.54) is 18.3 Å². The van der Waals surface area contributed by atoms with E-state index in [2.05, 4.69) is 9.71 Å². The van der Waals surface area contributed by atoms with Crippen LogP contribution in [-0.4, -0.2) is 38.8 Å². The quantitative estimate of drug-likeness (QED) is 0.882. The van der Waals surface area contributed by atoms with Crippen LogP contribution >= 0.6 is 0 Å². The highest BCUT2D eigenvalue weighted by Crippen LogP contribution is 2.20. The summed E-state index contributed by atoms with van der Waals surface area (Å²) in [6, 6.07) is 2.71. The lowest BCUT2D eigenvalue weighted by Gasteiger charge is -2.33. The molecule has 1 aromatic heterocycles. The molecule has 1 aliphatic rings. The SMILES string of the molecule is CS(=O)(=O)NC1CCCN(c2ncccc2F)C1. The molecule has 100 valence electrons. The number of hydrogen-bond donors (Lipinski definition) is 1. The number of sulfonamides is 1. The van der Waals surface area contributed by atoms with Crippen LogP contribution in [0.1, 0.15) is 12.8 Å². The first-order valence-electron chi connectivity index (χ1n) is 5.78. The summed E-state index contributed by atoms with van der Waals surface area (Å²) in [5, 5.41) is 0. The molecule has 0 saturated carbocycles. The van der Waals surface area contributed by atoms with Gasteiger partial charge >= 0.3 is 0 Å². The minimum Gasteiger partial charge on any atom is -0.353 e. The van der Waals surface area contributed by atoms with E-state index in [9.17, 15) is 12.8 Å². The molecule has 0 bridgehead atoms. The average Bonchev–Trinajstić information content (AvgIpc) is 2.27. The van der Waals surface area contributed by atoms with Crippen LogP contribution < -0.4 is 9.62 Å². The van der Waals surface area contributed by atoms with Crippen molar-refractivity contribution in [3.05, 3.63) is 24.1 Å². The normalized spacial score (nSPS) is 21.0. The second-order valence-electron chi connectivity index (χ2n) is 4.48. The number of rotatable bonds is 3. The monoisotopic (exact) mass is 273 g/mol. The minimum absolute atomic E-state index is 0.185. The van der Waals surface area contributed by atoms with Gasteiger partial charge in [0.15, 0.2) is 11.6 Å². The molecular formula is C11H16FN3O2S. The van der Waals surface area contributed by atoms with Gasteiger partial charge in [0, 0.05) is 25.3 Å². The topological polar surface area (TPSA) is 62.3 Å². The van der Waals surface area contributed by atoms with Crippen molar-refractivity contribution in [2.45, 2.75) is 18.9 Å². The number of piperidine rings is 1. The van der Waals surface area contributed by atoms with Crippen molar-refractivity contribution in [1.29, 1.82) is 0 Å². The van der Waals surface area contributed by atoms with Gasteiger partial charge in [-0.25, -0.2) is 22.5 Å². The Morgan fingerprint density at radius 3 is 3.00 bits per heavy atom. The van der Waals surface area contributed by atoms with E-state index in [1.807, 2.05) is 0 Å². The molecule has 1 fully saturated rings. The summed E-state index contributed by atoms with van der Waals surface area (Å²) in [6.07, 6.45) is 4.24. The van der Waals surface area contributed by atoms with Crippen molar-refractivity contribution >= 4 is 15.8 Å². The van der Waals surface area contributed by atoms with E-state index >= 15 is 0 Å². The van der Waals surface area contributed by atoms with Crippen LogP contribution in [0.15, 0.2) is 18.3 Å². The molecule has 18 heavy (non-hydrogen) atoms. The van der Waals surface area contributed by atoms with Crippen LogP contribution in [0.3, 0.4) is 0 Å².